The summed E-state index contributed by atoms with van der Waals surface area (Å²) in [5.41, 5.74) is -1.15. The molecule has 0 bridgehead atoms. The predicted octanol–water partition coefficient (Wildman–Crippen LogP) is 1.55. The molecule has 2 N–H and O–H groups in total. The van der Waals surface area contributed by atoms with E-state index in [1.807, 2.05) is 20.8 Å². The van der Waals surface area contributed by atoms with Gasteiger partial charge in [0.15, 0.2) is 0 Å². The summed E-state index contributed by atoms with van der Waals surface area (Å²) in [5.74, 6) is -0.546. The predicted molar refractivity (Wildman–Crippen MR) is 78.6 cm³/mol. The van der Waals surface area contributed by atoms with E-state index in [9.17, 15) is 14.4 Å². The number of hydrogen-bond donors (Lipinski definition) is 2. The van der Waals surface area contributed by atoms with Crippen molar-refractivity contribution in [1.82, 2.24) is 15.5 Å². The van der Waals surface area contributed by atoms with Crippen LogP contribution in [0, 0.1) is 0 Å². The third-order valence-electron chi connectivity index (χ3n) is 4.02. The molecule has 0 aromatic heterocycles. The molecule has 1 aliphatic carbocycles. The van der Waals surface area contributed by atoms with Gasteiger partial charge in [0, 0.05) is 5.54 Å². The lowest BCUT2D eigenvalue weighted by Crippen LogP contribution is -2.49. The van der Waals surface area contributed by atoms with Gasteiger partial charge in [0.1, 0.15) is 12.1 Å². The Labute approximate surface area is 125 Å². The fourth-order valence-corrected chi connectivity index (χ4v) is 3.09. The largest absolute Gasteiger partial charge is 0.350 e. The quantitative estimate of drug-likeness (QED) is 0.759. The smallest absolute Gasteiger partial charge is 0.325 e. The molecule has 1 heterocycles. The molecule has 0 aromatic carbocycles. The standard InChI is InChI=1S/C15H25N3O3/c1-14(2,3)16-11(19)10-18-12(20)15(17-13(18)21)8-6-4-5-7-9-15/h4-10H2,1-3H3,(H,16,19)(H,17,21). The summed E-state index contributed by atoms with van der Waals surface area (Å²) in [7, 11) is 0. The number of nitrogens with one attached hydrogen (secondary N) is 2. The van der Waals surface area contributed by atoms with E-state index in [0.717, 1.165) is 30.6 Å². The summed E-state index contributed by atoms with van der Waals surface area (Å²) in [4.78, 5) is 37.7. The number of carbonyl (C=O) groups is 3. The molecule has 6 heteroatoms. The highest BCUT2D eigenvalue weighted by atomic mass is 16.2. The van der Waals surface area contributed by atoms with Crippen LogP contribution < -0.4 is 10.6 Å². The molecule has 21 heavy (non-hydrogen) atoms. The number of hydrogen-bond acceptors (Lipinski definition) is 3. The van der Waals surface area contributed by atoms with Gasteiger partial charge in [-0.3, -0.25) is 14.5 Å². The zero-order valence-corrected chi connectivity index (χ0v) is 13.1. The second-order valence-electron chi connectivity index (χ2n) is 7.12. The number of rotatable bonds is 2. The van der Waals surface area contributed by atoms with Crippen molar-refractivity contribution in [3.63, 3.8) is 0 Å². The Bertz CT molecular complexity index is 446. The highest BCUT2D eigenvalue weighted by Gasteiger charge is 2.51. The van der Waals surface area contributed by atoms with Gasteiger partial charge in [0.05, 0.1) is 0 Å². The number of nitrogens with zero attached hydrogens (tertiary/aromatic N) is 1. The Balaban J connectivity index is 2.06. The van der Waals surface area contributed by atoms with Gasteiger partial charge in [0.25, 0.3) is 5.91 Å². The topological polar surface area (TPSA) is 78.5 Å². The van der Waals surface area contributed by atoms with Crippen molar-refractivity contribution in [1.29, 1.82) is 0 Å². The molecular formula is C15H25N3O3. The number of urea groups is 1. The van der Waals surface area contributed by atoms with Crippen LogP contribution in [0.1, 0.15) is 59.3 Å². The number of carbonyl (C=O) groups excluding carboxylic acids is 3. The molecule has 2 rings (SSSR count). The first-order chi connectivity index (χ1) is 9.73. The van der Waals surface area contributed by atoms with Gasteiger partial charge in [-0.05, 0) is 33.6 Å². The summed E-state index contributed by atoms with van der Waals surface area (Å²) in [6.45, 7) is 5.39. The average Bonchev–Trinajstić information content (AvgIpc) is 2.55. The lowest BCUT2D eigenvalue weighted by molar-refractivity contribution is -0.135. The van der Waals surface area contributed by atoms with Crippen molar-refractivity contribution < 1.29 is 14.4 Å². The summed E-state index contributed by atoms with van der Waals surface area (Å²) in [6, 6.07) is -0.439. The van der Waals surface area contributed by atoms with Gasteiger partial charge < -0.3 is 10.6 Å². The van der Waals surface area contributed by atoms with Crippen molar-refractivity contribution >= 4 is 17.8 Å². The van der Waals surface area contributed by atoms with E-state index in [2.05, 4.69) is 10.6 Å². The Morgan fingerprint density at radius 1 is 1.19 bits per heavy atom. The van der Waals surface area contributed by atoms with Crippen molar-refractivity contribution in [3.8, 4) is 0 Å². The van der Waals surface area contributed by atoms with Crippen LogP contribution in [0.2, 0.25) is 0 Å². The Hall–Kier alpha value is -1.59. The molecule has 0 unspecified atom stereocenters. The van der Waals surface area contributed by atoms with Crippen LogP contribution in [0.4, 0.5) is 4.79 Å². The van der Waals surface area contributed by atoms with E-state index in [1.54, 1.807) is 0 Å². The Morgan fingerprint density at radius 3 is 2.29 bits per heavy atom. The molecule has 2 fully saturated rings. The van der Waals surface area contributed by atoms with Crippen molar-refractivity contribution in [2.45, 2.75) is 70.4 Å². The first-order valence-corrected chi connectivity index (χ1v) is 7.69. The van der Waals surface area contributed by atoms with Crippen LogP contribution in [0.3, 0.4) is 0 Å². The molecule has 1 saturated heterocycles. The van der Waals surface area contributed by atoms with Crippen molar-refractivity contribution in [3.05, 3.63) is 0 Å². The van der Waals surface area contributed by atoms with Gasteiger partial charge in [0.2, 0.25) is 5.91 Å². The molecule has 1 saturated carbocycles. The van der Waals surface area contributed by atoms with Crippen LogP contribution in [0.5, 0.6) is 0 Å². The Kier molecular flexibility index (Phi) is 4.25. The zero-order chi connectivity index (χ0) is 15.7. The maximum Gasteiger partial charge on any atom is 0.325 e. The number of amides is 4. The summed E-state index contributed by atoms with van der Waals surface area (Å²) >= 11 is 0. The highest BCUT2D eigenvalue weighted by molar-refractivity contribution is 6.09. The second-order valence-corrected chi connectivity index (χ2v) is 7.12. The fraction of sp³-hybridized carbons (Fsp3) is 0.800. The van der Waals surface area contributed by atoms with Gasteiger partial charge in [-0.15, -0.1) is 0 Å². The van der Waals surface area contributed by atoms with Crippen LogP contribution in [0.25, 0.3) is 0 Å². The van der Waals surface area contributed by atoms with E-state index in [1.165, 1.54) is 0 Å². The Morgan fingerprint density at radius 2 is 1.76 bits per heavy atom. The minimum absolute atomic E-state index is 0.205. The van der Waals surface area contributed by atoms with Gasteiger partial charge in [-0.1, -0.05) is 25.7 Å². The molecule has 6 nitrogen and oxygen atoms in total. The molecule has 118 valence electrons. The molecule has 0 atom stereocenters. The van der Waals surface area contributed by atoms with Gasteiger partial charge in [-0.2, -0.15) is 0 Å². The molecule has 0 aromatic rings. The lowest BCUT2D eigenvalue weighted by atomic mass is 9.90. The SMILES string of the molecule is CC(C)(C)NC(=O)CN1C(=O)NC2(CCCCCC2)C1=O. The van der Waals surface area contributed by atoms with Crippen molar-refractivity contribution in [2.75, 3.05) is 6.54 Å². The maximum atomic E-state index is 12.6. The first kappa shape index (κ1) is 15.8. The van der Waals surface area contributed by atoms with Crippen LogP contribution in [-0.2, 0) is 9.59 Å². The van der Waals surface area contributed by atoms with E-state index in [-0.39, 0.29) is 23.9 Å². The minimum Gasteiger partial charge on any atom is -0.350 e. The van der Waals surface area contributed by atoms with Crippen LogP contribution in [0.15, 0.2) is 0 Å². The molecule has 1 spiro atoms. The first-order valence-electron chi connectivity index (χ1n) is 7.69. The van der Waals surface area contributed by atoms with E-state index < -0.39 is 11.6 Å². The van der Waals surface area contributed by atoms with Crippen molar-refractivity contribution in [2.24, 2.45) is 0 Å². The van der Waals surface area contributed by atoms with E-state index in [0.29, 0.717) is 12.8 Å². The third kappa shape index (κ3) is 3.54. The summed E-state index contributed by atoms with van der Waals surface area (Å²) < 4.78 is 0. The average molecular weight is 295 g/mol. The van der Waals surface area contributed by atoms with Gasteiger partial charge in [-0.25, -0.2) is 4.79 Å². The number of imide groups is 1. The monoisotopic (exact) mass is 295 g/mol. The summed E-state index contributed by atoms with van der Waals surface area (Å²) in [6.07, 6.45) is 5.41. The highest BCUT2D eigenvalue weighted by Crippen LogP contribution is 2.32. The third-order valence-corrected chi connectivity index (χ3v) is 4.02. The molecule has 0 radical (unpaired) electrons. The van der Waals surface area contributed by atoms with Gasteiger partial charge >= 0.3 is 6.03 Å². The normalized spacial score (nSPS) is 22.1. The molecule has 4 amide bonds. The maximum absolute atomic E-state index is 12.6. The van der Waals surface area contributed by atoms with E-state index in [4.69, 9.17) is 0 Å². The van der Waals surface area contributed by atoms with E-state index >= 15 is 0 Å². The minimum atomic E-state index is -0.768. The molecular weight excluding hydrogens is 270 g/mol. The van der Waals surface area contributed by atoms with Crippen LogP contribution >= 0.6 is 0 Å². The molecule has 1 aliphatic heterocycles. The fourth-order valence-electron chi connectivity index (χ4n) is 3.09. The zero-order valence-electron chi connectivity index (χ0n) is 13.1. The molecule has 2 aliphatic rings. The lowest BCUT2D eigenvalue weighted by Gasteiger charge is -2.25. The second kappa shape index (κ2) is 5.66. The van der Waals surface area contributed by atoms with Crippen LogP contribution in [-0.4, -0.2) is 40.4 Å². The summed E-state index contributed by atoms with van der Waals surface area (Å²) in [5, 5.41) is 5.61.